The number of piperidine rings is 2. The fourth-order valence-electron chi connectivity index (χ4n) is 4.41. The molecule has 0 aromatic heterocycles. The molecule has 1 aromatic rings. The molecule has 4 rings (SSSR count). The predicted octanol–water partition coefficient (Wildman–Crippen LogP) is 1.19. The first-order chi connectivity index (χ1) is 14.9. The average Bonchev–Trinajstić information content (AvgIpc) is 2.79. The molecule has 1 N–H and O–H groups in total. The number of urea groups is 1. The molecule has 31 heavy (non-hydrogen) atoms. The number of carbonyl (C=O) groups excluding carboxylic acids is 2. The molecule has 1 aromatic carbocycles. The van der Waals surface area contributed by atoms with Gasteiger partial charge in [-0.1, -0.05) is 6.07 Å². The lowest BCUT2D eigenvalue weighted by molar-refractivity contribution is -0.142. The number of amides is 3. The third-order valence-corrected chi connectivity index (χ3v) is 6.14. The largest absolute Gasteiger partial charge is 0.486 e. The number of benzene rings is 1. The highest BCUT2D eigenvalue weighted by Crippen LogP contribution is 2.40. The number of fused-ring (bicyclic) bond motifs is 1. The number of β-amino-alcohol motifs (C(OH)–C–C–N with tert-alkyl or cyclic N) is 1. The molecule has 0 spiro atoms. The van der Waals surface area contributed by atoms with Crippen molar-refractivity contribution < 1.29 is 28.9 Å². The van der Waals surface area contributed by atoms with Crippen LogP contribution in [0.3, 0.4) is 0 Å². The molecule has 2 atom stereocenters. The Morgan fingerprint density at radius 3 is 2.48 bits per heavy atom. The second-order valence-corrected chi connectivity index (χ2v) is 8.52. The molecule has 0 bridgehead atoms. The number of rotatable bonds is 3. The second-order valence-electron chi connectivity index (χ2n) is 8.52. The number of aliphatic hydroxyl groups excluding tert-OH is 1. The first-order valence-corrected chi connectivity index (χ1v) is 10.9. The van der Waals surface area contributed by atoms with E-state index in [-0.39, 0.29) is 24.4 Å². The molecule has 2 fully saturated rings. The zero-order valence-electron chi connectivity index (χ0n) is 18.2. The fourth-order valence-corrected chi connectivity index (χ4v) is 4.41. The molecule has 3 aliphatic heterocycles. The Morgan fingerprint density at radius 2 is 1.77 bits per heavy atom. The van der Waals surface area contributed by atoms with Gasteiger partial charge in [-0.05, 0) is 25.0 Å². The first kappa shape index (κ1) is 21.5. The Kier molecular flexibility index (Phi) is 6.41. The van der Waals surface area contributed by atoms with E-state index in [1.165, 1.54) is 0 Å². The summed E-state index contributed by atoms with van der Waals surface area (Å²) in [6.07, 6.45) is 0.640. The van der Waals surface area contributed by atoms with Crippen LogP contribution in [0.1, 0.15) is 19.3 Å². The van der Waals surface area contributed by atoms with Gasteiger partial charge in [0.2, 0.25) is 11.7 Å². The van der Waals surface area contributed by atoms with Gasteiger partial charge in [0.1, 0.15) is 25.4 Å². The minimum Gasteiger partial charge on any atom is -0.486 e. The quantitative estimate of drug-likeness (QED) is 0.770. The van der Waals surface area contributed by atoms with Gasteiger partial charge in [0.05, 0.1) is 6.54 Å². The van der Waals surface area contributed by atoms with Gasteiger partial charge in [0.15, 0.2) is 11.5 Å². The summed E-state index contributed by atoms with van der Waals surface area (Å²) in [5.74, 6) is 1.72. The van der Waals surface area contributed by atoms with Crippen LogP contribution in [0.5, 0.6) is 17.2 Å². The maximum Gasteiger partial charge on any atom is 0.319 e. The topological polar surface area (TPSA) is 91.8 Å². The molecule has 0 unspecified atom stereocenters. The maximum atomic E-state index is 13.0. The summed E-state index contributed by atoms with van der Waals surface area (Å²) in [6.45, 7) is 2.90. The van der Waals surface area contributed by atoms with Gasteiger partial charge in [-0.25, -0.2) is 4.79 Å². The lowest BCUT2D eigenvalue weighted by Gasteiger charge is -2.39. The highest BCUT2D eigenvalue weighted by Gasteiger charge is 2.36. The van der Waals surface area contributed by atoms with Gasteiger partial charge in [-0.3, -0.25) is 4.79 Å². The molecule has 0 aliphatic carbocycles. The number of para-hydroxylation sites is 1. The highest BCUT2D eigenvalue weighted by atomic mass is 16.6. The van der Waals surface area contributed by atoms with E-state index >= 15 is 0 Å². The van der Waals surface area contributed by atoms with Crippen LogP contribution in [0.25, 0.3) is 0 Å². The Labute approximate surface area is 182 Å². The van der Waals surface area contributed by atoms with Crippen molar-refractivity contribution in [2.24, 2.45) is 5.92 Å². The van der Waals surface area contributed by atoms with E-state index in [1.807, 2.05) is 12.1 Å². The van der Waals surface area contributed by atoms with E-state index < -0.39 is 12.2 Å². The molecule has 0 saturated carbocycles. The van der Waals surface area contributed by atoms with E-state index in [1.54, 1.807) is 34.9 Å². The van der Waals surface area contributed by atoms with Crippen molar-refractivity contribution in [3.63, 3.8) is 0 Å². The first-order valence-electron chi connectivity index (χ1n) is 10.9. The molecule has 0 radical (unpaired) electrons. The third kappa shape index (κ3) is 4.66. The summed E-state index contributed by atoms with van der Waals surface area (Å²) in [4.78, 5) is 30.2. The van der Waals surface area contributed by atoms with Crippen molar-refractivity contribution in [1.29, 1.82) is 0 Å². The van der Waals surface area contributed by atoms with E-state index in [0.29, 0.717) is 69.4 Å². The van der Waals surface area contributed by atoms with Crippen molar-refractivity contribution in [1.82, 2.24) is 14.7 Å². The monoisotopic (exact) mass is 433 g/mol. The van der Waals surface area contributed by atoms with E-state index in [2.05, 4.69) is 0 Å². The van der Waals surface area contributed by atoms with Gasteiger partial charge in [-0.2, -0.15) is 0 Å². The molecule has 3 heterocycles. The minimum atomic E-state index is -0.784. The summed E-state index contributed by atoms with van der Waals surface area (Å²) in [7, 11) is 3.47. The van der Waals surface area contributed by atoms with Crippen LogP contribution in [0, 0.1) is 5.92 Å². The number of carbonyl (C=O) groups is 2. The minimum absolute atomic E-state index is 0.0169. The molecule has 9 nitrogen and oxygen atoms in total. The van der Waals surface area contributed by atoms with Crippen LogP contribution >= 0.6 is 0 Å². The SMILES string of the molecule is CN(C)C(=O)N1CCC(C(=O)N2CC[C@@H](Oc3cccc4c3OCCO4)[C@H](O)C2)CC1. The molecule has 3 amide bonds. The number of likely N-dealkylation sites (tertiary alicyclic amines) is 2. The van der Waals surface area contributed by atoms with Crippen molar-refractivity contribution in [2.75, 3.05) is 53.5 Å². The van der Waals surface area contributed by atoms with E-state index in [4.69, 9.17) is 14.2 Å². The number of aliphatic hydroxyl groups is 1. The van der Waals surface area contributed by atoms with Crippen LogP contribution < -0.4 is 14.2 Å². The van der Waals surface area contributed by atoms with Gasteiger partial charge in [-0.15, -0.1) is 0 Å². The number of nitrogens with zero attached hydrogens (tertiary/aromatic N) is 3. The highest BCUT2D eigenvalue weighted by molar-refractivity contribution is 5.80. The lowest BCUT2D eigenvalue weighted by Crippen LogP contribution is -2.53. The summed E-state index contributed by atoms with van der Waals surface area (Å²) >= 11 is 0. The Hall–Kier alpha value is -2.68. The molecular weight excluding hydrogens is 402 g/mol. The normalized spacial score (nSPS) is 24.0. The third-order valence-electron chi connectivity index (χ3n) is 6.14. The molecule has 9 heteroatoms. The number of hydrogen-bond donors (Lipinski definition) is 1. The fraction of sp³-hybridized carbons (Fsp3) is 0.636. The number of hydrogen-bond acceptors (Lipinski definition) is 6. The summed E-state index contributed by atoms with van der Waals surface area (Å²) in [5, 5.41) is 10.7. The van der Waals surface area contributed by atoms with Crippen LogP contribution in [0.15, 0.2) is 18.2 Å². The molecule has 3 aliphatic rings. The van der Waals surface area contributed by atoms with Crippen LogP contribution in [-0.2, 0) is 4.79 Å². The van der Waals surface area contributed by atoms with Crippen LogP contribution in [0.4, 0.5) is 4.79 Å². The van der Waals surface area contributed by atoms with Gasteiger partial charge in [0, 0.05) is 46.1 Å². The van der Waals surface area contributed by atoms with E-state index in [0.717, 1.165) is 0 Å². The van der Waals surface area contributed by atoms with Crippen LogP contribution in [0.2, 0.25) is 0 Å². The van der Waals surface area contributed by atoms with Crippen molar-refractivity contribution in [3.8, 4) is 17.2 Å². The van der Waals surface area contributed by atoms with Gasteiger partial charge in [0.25, 0.3) is 0 Å². The lowest BCUT2D eigenvalue weighted by atomic mass is 9.93. The predicted molar refractivity (Wildman–Crippen MR) is 112 cm³/mol. The zero-order chi connectivity index (χ0) is 22.0. The van der Waals surface area contributed by atoms with Crippen molar-refractivity contribution in [2.45, 2.75) is 31.5 Å². The molecule has 2 saturated heterocycles. The average molecular weight is 434 g/mol. The molecular formula is C22H31N3O6. The Morgan fingerprint density at radius 1 is 1.06 bits per heavy atom. The smallest absolute Gasteiger partial charge is 0.319 e. The van der Waals surface area contributed by atoms with Crippen molar-refractivity contribution >= 4 is 11.9 Å². The number of ether oxygens (including phenoxy) is 3. The van der Waals surface area contributed by atoms with Gasteiger partial charge >= 0.3 is 6.03 Å². The van der Waals surface area contributed by atoms with Gasteiger partial charge < -0.3 is 34.0 Å². The van der Waals surface area contributed by atoms with Crippen LogP contribution in [-0.4, -0.2) is 97.4 Å². The standard InChI is InChI=1S/C22H31N3O6/c1-23(2)22(28)24-9-6-15(7-10-24)21(27)25-11-8-17(16(26)14-25)31-19-5-3-4-18-20(19)30-13-12-29-18/h3-5,15-17,26H,6-14H2,1-2H3/t16-,17-/m1/s1. The van der Waals surface area contributed by atoms with Crippen molar-refractivity contribution in [3.05, 3.63) is 18.2 Å². The maximum absolute atomic E-state index is 13.0. The summed E-state index contributed by atoms with van der Waals surface area (Å²) in [6, 6.07) is 5.45. The Balaban J connectivity index is 1.31. The Bertz CT molecular complexity index is 808. The summed E-state index contributed by atoms with van der Waals surface area (Å²) in [5.41, 5.74) is 0. The molecule has 170 valence electrons. The zero-order valence-corrected chi connectivity index (χ0v) is 18.2. The summed E-state index contributed by atoms with van der Waals surface area (Å²) < 4.78 is 17.3. The van der Waals surface area contributed by atoms with E-state index in [9.17, 15) is 14.7 Å². The second kappa shape index (κ2) is 9.21.